The lowest BCUT2D eigenvalue weighted by Gasteiger charge is -1.96. The highest BCUT2D eigenvalue weighted by Crippen LogP contribution is 2.14. The second-order valence-corrected chi connectivity index (χ2v) is 3.33. The van der Waals surface area contributed by atoms with Crippen molar-refractivity contribution in [3.8, 4) is 11.8 Å². The van der Waals surface area contributed by atoms with Crippen LogP contribution in [0.5, 0.6) is 0 Å². The second kappa shape index (κ2) is 4.48. The zero-order valence-electron chi connectivity index (χ0n) is 8.70. The van der Waals surface area contributed by atoms with Crippen molar-refractivity contribution in [3.05, 3.63) is 60.2 Å². The number of benzene rings is 2. The monoisotopic (exact) mass is 192 g/mol. The van der Waals surface area contributed by atoms with E-state index < -0.39 is 0 Å². The summed E-state index contributed by atoms with van der Waals surface area (Å²) in [5.41, 5.74) is 1.06. The molecule has 0 saturated carbocycles. The summed E-state index contributed by atoms with van der Waals surface area (Å²) in [7, 11) is 0. The Morgan fingerprint density at radius 1 is 1.00 bits per heavy atom. The maximum absolute atomic E-state index is 3.10. The Bertz CT molecular complexity index is 551. The Kier molecular flexibility index (Phi) is 2.85. The third kappa shape index (κ3) is 2.27. The van der Waals surface area contributed by atoms with E-state index in [1.807, 2.05) is 31.2 Å². The van der Waals surface area contributed by atoms with Gasteiger partial charge in [-0.15, -0.1) is 0 Å². The van der Waals surface area contributed by atoms with Crippen LogP contribution in [0.25, 0.3) is 10.8 Å². The Balaban J connectivity index is 2.44. The predicted octanol–water partition coefficient (Wildman–Crippen LogP) is 3.77. The van der Waals surface area contributed by atoms with Gasteiger partial charge in [-0.2, -0.15) is 0 Å². The summed E-state index contributed by atoms with van der Waals surface area (Å²) in [6, 6.07) is 14.6. The van der Waals surface area contributed by atoms with E-state index in [9.17, 15) is 0 Å². The van der Waals surface area contributed by atoms with Crippen molar-refractivity contribution >= 4 is 10.8 Å². The summed E-state index contributed by atoms with van der Waals surface area (Å²) in [5, 5.41) is 2.50. The first kappa shape index (κ1) is 9.55. The highest BCUT2D eigenvalue weighted by molar-refractivity contribution is 5.83. The fourth-order valence-corrected chi connectivity index (χ4v) is 1.48. The Labute approximate surface area is 90.2 Å². The first-order valence-electron chi connectivity index (χ1n) is 5.01. The summed E-state index contributed by atoms with van der Waals surface area (Å²) < 4.78 is 0. The van der Waals surface area contributed by atoms with Gasteiger partial charge in [0.1, 0.15) is 0 Å². The molecule has 0 spiro atoms. The molecular formula is C15H12. The van der Waals surface area contributed by atoms with Crippen molar-refractivity contribution in [1.29, 1.82) is 0 Å². The van der Waals surface area contributed by atoms with Crippen LogP contribution in [0.2, 0.25) is 0 Å². The lowest BCUT2D eigenvalue weighted by atomic mass is 10.1. The summed E-state index contributed by atoms with van der Waals surface area (Å²) in [6.45, 7) is 1.97. The van der Waals surface area contributed by atoms with Crippen molar-refractivity contribution in [3.63, 3.8) is 0 Å². The van der Waals surface area contributed by atoms with Gasteiger partial charge in [-0.1, -0.05) is 48.2 Å². The van der Waals surface area contributed by atoms with E-state index in [-0.39, 0.29) is 0 Å². The van der Waals surface area contributed by atoms with E-state index >= 15 is 0 Å². The molecule has 2 aromatic carbocycles. The van der Waals surface area contributed by atoms with Gasteiger partial charge in [-0.05, 0) is 35.9 Å². The highest BCUT2D eigenvalue weighted by Gasteiger charge is 1.91. The van der Waals surface area contributed by atoms with Crippen LogP contribution in [0, 0.1) is 11.8 Å². The first-order chi connectivity index (χ1) is 7.40. The molecule has 0 N–H and O–H groups in total. The van der Waals surface area contributed by atoms with Gasteiger partial charge in [-0.3, -0.25) is 0 Å². The fraction of sp³-hybridized carbons (Fsp3) is 0.0667. The minimum atomic E-state index is 1.06. The molecule has 0 heterocycles. The molecule has 0 aromatic heterocycles. The lowest BCUT2D eigenvalue weighted by molar-refractivity contribution is 1.69. The van der Waals surface area contributed by atoms with Crippen LogP contribution >= 0.6 is 0 Å². The number of hydrogen-bond acceptors (Lipinski definition) is 0. The molecule has 0 unspecified atom stereocenters. The van der Waals surface area contributed by atoms with Crippen molar-refractivity contribution in [2.45, 2.75) is 6.92 Å². The van der Waals surface area contributed by atoms with Crippen LogP contribution in [0.1, 0.15) is 12.5 Å². The SMILES string of the molecule is C/C=C/C#Cc1ccc2ccccc2c1. The molecule has 0 aliphatic rings. The maximum Gasteiger partial charge on any atom is 0.0255 e. The molecule has 0 aliphatic heterocycles. The lowest BCUT2D eigenvalue weighted by Crippen LogP contribution is -1.75. The van der Waals surface area contributed by atoms with Crippen LogP contribution in [-0.4, -0.2) is 0 Å². The van der Waals surface area contributed by atoms with Gasteiger partial charge in [0.25, 0.3) is 0 Å². The van der Waals surface area contributed by atoms with Crippen molar-refractivity contribution in [2.24, 2.45) is 0 Å². The Hall–Kier alpha value is -2.00. The largest absolute Gasteiger partial charge is 0.0793 e. The predicted molar refractivity (Wildman–Crippen MR) is 65.6 cm³/mol. The van der Waals surface area contributed by atoms with Gasteiger partial charge in [-0.25, -0.2) is 0 Å². The number of fused-ring (bicyclic) bond motifs is 1. The van der Waals surface area contributed by atoms with Crippen LogP contribution < -0.4 is 0 Å². The van der Waals surface area contributed by atoms with E-state index in [0.29, 0.717) is 0 Å². The van der Waals surface area contributed by atoms with E-state index in [0.717, 1.165) is 5.56 Å². The molecule has 0 fully saturated rings. The van der Waals surface area contributed by atoms with Crippen LogP contribution in [0.15, 0.2) is 54.6 Å². The van der Waals surface area contributed by atoms with E-state index in [1.54, 1.807) is 0 Å². The highest BCUT2D eigenvalue weighted by atomic mass is 14.0. The fourth-order valence-electron chi connectivity index (χ4n) is 1.48. The normalized spacial score (nSPS) is 10.2. The van der Waals surface area contributed by atoms with Crippen molar-refractivity contribution < 1.29 is 0 Å². The molecule has 72 valence electrons. The van der Waals surface area contributed by atoms with E-state index in [4.69, 9.17) is 0 Å². The van der Waals surface area contributed by atoms with Crippen molar-refractivity contribution in [2.75, 3.05) is 0 Å². The molecular weight excluding hydrogens is 180 g/mol. The zero-order valence-corrected chi connectivity index (χ0v) is 8.70. The molecule has 0 radical (unpaired) electrons. The molecule has 0 aliphatic carbocycles. The van der Waals surface area contributed by atoms with Crippen LogP contribution in [-0.2, 0) is 0 Å². The number of hydrogen-bond donors (Lipinski definition) is 0. The summed E-state index contributed by atoms with van der Waals surface area (Å²) >= 11 is 0. The smallest absolute Gasteiger partial charge is 0.0255 e. The summed E-state index contributed by atoms with van der Waals surface area (Å²) in [4.78, 5) is 0. The quantitative estimate of drug-likeness (QED) is 0.557. The minimum Gasteiger partial charge on any atom is -0.0793 e. The van der Waals surface area contributed by atoms with Gasteiger partial charge in [0.05, 0.1) is 0 Å². The molecule has 0 bridgehead atoms. The Morgan fingerprint density at radius 2 is 1.80 bits per heavy atom. The van der Waals surface area contributed by atoms with Gasteiger partial charge in [0.2, 0.25) is 0 Å². The molecule has 0 saturated heterocycles. The summed E-state index contributed by atoms with van der Waals surface area (Å²) in [6.07, 6.45) is 3.79. The van der Waals surface area contributed by atoms with Crippen LogP contribution in [0.3, 0.4) is 0 Å². The van der Waals surface area contributed by atoms with Gasteiger partial charge < -0.3 is 0 Å². The van der Waals surface area contributed by atoms with Gasteiger partial charge >= 0.3 is 0 Å². The molecule has 2 rings (SSSR count). The molecule has 0 nitrogen and oxygen atoms in total. The van der Waals surface area contributed by atoms with Crippen LogP contribution in [0.4, 0.5) is 0 Å². The van der Waals surface area contributed by atoms with Crippen molar-refractivity contribution in [1.82, 2.24) is 0 Å². The molecule has 0 atom stereocenters. The average Bonchev–Trinajstić information content (AvgIpc) is 2.29. The number of rotatable bonds is 0. The third-order valence-electron chi connectivity index (χ3n) is 2.22. The third-order valence-corrected chi connectivity index (χ3v) is 2.22. The minimum absolute atomic E-state index is 1.06. The summed E-state index contributed by atoms with van der Waals surface area (Å²) in [5.74, 6) is 6.09. The standard InChI is InChI=1S/C15H12/c1-2-3-4-7-13-10-11-14-8-5-6-9-15(14)12-13/h2-3,5-6,8-12H,1H3/b3-2+. The average molecular weight is 192 g/mol. The zero-order chi connectivity index (χ0) is 10.5. The molecule has 2 aromatic rings. The first-order valence-corrected chi connectivity index (χ1v) is 5.01. The molecule has 15 heavy (non-hydrogen) atoms. The van der Waals surface area contributed by atoms with E-state index in [1.165, 1.54) is 10.8 Å². The topological polar surface area (TPSA) is 0 Å². The molecule has 0 heteroatoms. The molecule has 0 amide bonds. The van der Waals surface area contributed by atoms with Gasteiger partial charge in [0, 0.05) is 5.56 Å². The second-order valence-electron chi connectivity index (χ2n) is 3.33. The maximum atomic E-state index is 3.10. The van der Waals surface area contributed by atoms with E-state index in [2.05, 4.69) is 42.2 Å². The Morgan fingerprint density at radius 3 is 2.60 bits per heavy atom. The van der Waals surface area contributed by atoms with Gasteiger partial charge in [0.15, 0.2) is 0 Å². The number of allylic oxidation sites excluding steroid dienone is 2.